The fourth-order valence-corrected chi connectivity index (χ4v) is 3.33. The summed E-state index contributed by atoms with van der Waals surface area (Å²) >= 11 is 0. The third kappa shape index (κ3) is 4.00. The number of aliphatic hydroxyl groups excluding tert-OH is 1. The van der Waals surface area contributed by atoms with E-state index in [0.29, 0.717) is 24.2 Å². The first-order valence-corrected chi connectivity index (χ1v) is 8.47. The summed E-state index contributed by atoms with van der Waals surface area (Å²) in [6.07, 6.45) is 3.98. The van der Waals surface area contributed by atoms with Crippen LogP contribution in [0.1, 0.15) is 24.5 Å². The van der Waals surface area contributed by atoms with E-state index in [4.69, 9.17) is 4.74 Å². The van der Waals surface area contributed by atoms with E-state index in [1.54, 1.807) is 30.1 Å². The Morgan fingerprint density at radius 3 is 2.77 bits per heavy atom. The molecule has 1 aromatic carbocycles. The van der Waals surface area contributed by atoms with Crippen molar-refractivity contribution in [2.45, 2.75) is 24.5 Å². The van der Waals surface area contributed by atoms with Gasteiger partial charge in [0.25, 0.3) is 0 Å². The van der Waals surface area contributed by atoms with Gasteiger partial charge in [-0.05, 0) is 38.1 Å². The van der Waals surface area contributed by atoms with Crippen molar-refractivity contribution in [1.29, 1.82) is 0 Å². The molecule has 2 aromatic rings. The number of aliphatic hydroxyl groups is 1. The van der Waals surface area contributed by atoms with Crippen molar-refractivity contribution < 1.29 is 14.6 Å². The van der Waals surface area contributed by atoms with E-state index in [1.165, 1.54) is 0 Å². The summed E-state index contributed by atoms with van der Waals surface area (Å²) in [4.78, 5) is 13.0. The summed E-state index contributed by atoms with van der Waals surface area (Å²) in [7, 11) is 1.56. The van der Waals surface area contributed by atoms with Gasteiger partial charge in [0.15, 0.2) is 0 Å². The fourth-order valence-electron chi connectivity index (χ4n) is 3.33. The summed E-state index contributed by atoms with van der Waals surface area (Å²) in [5, 5.41) is 20.9. The Morgan fingerprint density at radius 1 is 1.38 bits per heavy atom. The number of nitrogens with one attached hydrogen (secondary N) is 2. The molecule has 0 aliphatic carbocycles. The maximum absolute atomic E-state index is 13.0. The third-order valence-corrected chi connectivity index (χ3v) is 4.75. The minimum Gasteiger partial charge on any atom is -0.496 e. The summed E-state index contributed by atoms with van der Waals surface area (Å²) in [6.45, 7) is 1.63. The Balaban J connectivity index is 0.00000243. The first-order chi connectivity index (χ1) is 12.2. The zero-order valence-corrected chi connectivity index (χ0v) is 15.5. The molecule has 26 heavy (non-hydrogen) atoms. The van der Waals surface area contributed by atoms with Gasteiger partial charge in [-0.2, -0.15) is 5.10 Å². The van der Waals surface area contributed by atoms with Gasteiger partial charge in [-0.3, -0.25) is 9.48 Å². The molecule has 8 heteroatoms. The normalized spacial score (nSPS) is 17.0. The lowest BCUT2D eigenvalue weighted by Crippen LogP contribution is -2.55. The van der Waals surface area contributed by atoms with Gasteiger partial charge >= 0.3 is 0 Å². The van der Waals surface area contributed by atoms with Gasteiger partial charge in [-0.15, -0.1) is 12.4 Å². The largest absolute Gasteiger partial charge is 0.496 e. The molecule has 142 valence electrons. The average molecular weight is 381 g/mol. The molecule has 1 atom stereocenters. The van der Waals surface area contributed by atoms with Crippen LogP contribution < -0.4 is 15.4 Å². The minimum absolute atomic E-state index is 0. The number of ether oxygens (including phenoxy) is 1. The molecular weight excluding hydrogens is 356 g/mol. The number of methoxy groups -OCH3 is 1. The summed E-state index contributed by atoms with van der Waals surface area (Å²) in [5.74, 6) is 0.486. The number of aromatic nitrogens is 2. The monoisotopic (exact) mass is 380 g/mol. The molecule has 2 heterocycles. The molecule has 3 N–H and O–H groups in total. The van der Waals surface area contributed by atoms with Gasteiger partial charge in [0.1, 0.15) is 11.3 Å². The van der Waals surface area contributed by atoms with Gasteiger partial charge in [-0.1, -0.05) is 18.2 Å². The number of halogens is 1. The Bertz CT molecular complexity index is 702. The third-order valence-electron chi connectivity index (χ3n) is 4.75. The molecule has 7 nitrogen and oxygen atoms in total. The number of benzene rings is 1. The van der Waals surface area contributed by atoms with E-state index in [9.17, 15) is 9.90 Å². The van der Waals surface area contributed by atoms with Crippen LogP contribution in [0.2, 0.25) is 0 Å². The standard InChI is InChI=1S/C18H24N4O3.ClH/c1-25-16-6-3-2-5-14(16)15(23)13-20-17(24)18(7-10-19-11-8-18)22-12-4-9-21-22;/h2-6,9,12,15,19,23H,7-8,10-11,13H2,1H3,(H,20,24);1H. The lowest BCUT2D eigenvalue weighted by atomic mass is 9.87. The number of nitrogens with zero attached hydrogens (tertiary/aromatic N) is 2. The first-order valence-electron chi connectivity index (χ1n) is 8.47. The number of amides is 1. The Morgan fingerprint density at radius 2 is 2.12 bits per heavy atom. The predicted molar refractivity (Wildman–Crippen MR) is 101 cm³/mol. The zero-order valence-electron chi connectivity index (χ0n) is 14.7. The molecule has 1 aliphatic rings. The second kappa shape index (κ2) is 9.02. The molecule has 1 aliphatic heterocycles. The molecule has 1 fully saturated rings. The van der Waals surface area contributed by atoms with Crippen LogP contribution in [0.15, 0.2) is 42.7 Å². The van der Waals surface area contributed by atoms with E-state index < -0.39 is 11.6 Å². The lowest BCUT2D eigenvalue weighted by molar-refractivity contribution is -0.132. The minimum atomic E-state index is -0.837. The van der Waals surface area contributed by atoms with Crippen LogP contribution in [0, 0.1) is 0 Å². The second-order valence-electron chi connectivity index (χ2n) is 6.20. The number of piperidine rings is 1. The van der Waals surface area contributed by atoms with Crippen LogP contribution in [0.4, 0.5) is 0 Å². The van der Waals surface area contributed by atoms with Crippen LogP contribution in [-0.2, 0) is 10.3 Å². The van der Waals surface area contributed by atoms with Crippen molar-refractivity contribution in [1.82, 2.24) is 20.4 Å². The smallest absolute Gasteiger partial charge is 0.248 e. The van der Waals surface area contributed by atoms with Crippen LogP contribution in [0.25, 0.3) is 0 Å². The van der Waals surface area contributed by atoms with Crippen LogP contribution in [0.3, 0.4) is 0 Å². The van der Waals surface area contributed by atoms with Gasteiger partial charge in [-0.25, -0.2) is 0 Å². The van der Waals surface area contributed by atoms with E-state index in [0.717, 1.165) is 13.1 Å². The van der Waals surface area contributed by atoms with E-state index >= 15 is 0 Å². The van der Waals surface area contributed by atoms with Gasteiger partial charge in [0, 0.05) is 24.5 Å². The Labute approximate surface area is 159 Å². The van der Waals surface area contributed by atoms with Gasteiger partial charge < -0.3 is 20.5 Å². The van der Waals surface area contributed by atoms with Gasteiger partial charge in [0.2, 0.25) is 5.91 Å². The summed E-state index contributed by atoms with van der Waals surface area (Å²) < 4.78 is 7.01. The molecule has 3 rings (SSSR count). The molecule has 1 saturated heterocycles. The molecule has 0 saturated carbocycles. The quantitative estimate of drug-likeness (QED) is 0.701. The van der Waals surface area contributed by atoms with Crippen molar-refractivity contribution in [2.24, 2.45) is 0 Å². The fraction of sp³-hybridized carbons (Fsp3) is 0.444. The Hall–Kier alpha value is -2.09. The van der Waals surface area contributed by atoms with Crippen molar-refractivity contribution in [2.75, 3.05) is 26.7 Å². The van der Waals surface area contributed by atoms with Crippen molar-refractivity contribution in [3.05, 3.63) is 48.3 Å². The molecule has 0 bridgehead atoms. The van der Waals surface area contributed by atoms with Crippen molar-refractivity contribution in [3.63, 3.8) is 0 Å². The summed E-state index contributed by atoms with van der Waals surface area (Å²) in [5.41, 5.74) is -0.0568. The lowest BCUT2D eigenvalue weighted by Gasteiger charge is -2.36. The second-order valence-corrected chi connectivity index (χ2v) is 6.20. The molecule has 1 aromatic heterocycles. The maximum Gasteiger partial charge on any atom is 0.248 e. The highest BCUT2D eigenvalue weighted by Crippen LogP contribution is 2.28. The van der Waals surface area contributed by atoms with Gasteiger partial charge in [0.05, 0.1) is 13.2 Å². The van der Waals surface area contributed by atoms with E-state index in [2.05, 4.69) is 15.7 Å². The van der Waals surface area contributed by atoms with Crippen LogP contribution in [0.5, 0.6) is 5.75 Å². The summed E-state index contributed by atoms with van der Waals surface area (Å²) in [6, 6.07) is 9.08. The molecule has 0 radical (unpaired) electrons. The number of carbonyl (C=O) groups excluding carboxylic acids is 1. The highest BCUT2D eigenvalue weighted by Gasteiger charge is 2.42. The number of carbonyl (C=O) groups is 1. The zero-order chi connectivity index (χ0) is 17.7. The number of rotatable bonds is 6. The molecule has 0 spiro atoms. The SMILES string of the molecule is COc1ccccc1C(O)CNC(=O)C1(n2cccn2)CCNCC1.Cl. The first kappa shape index (κ1) is 20.2. The molecule has 1 unspecified atom stereocenters. The van der Waals surface area contributed by atoms with E-state index in [1.807, 2.05) is 24.4 Å². The number of hydrogen-bond acceptors (Lipinski definition) is 5. The van der Waals surface area contributed by atoms with Crippen LogP contribution >= 0.6 is 12.4 Å². The number of para-hydroxylation sites is 1. The number of hydrogen-bond donors (Lipinski definition) is 3. The average Bonchev–Trinajstić information content (AvgIpc) is 3.21. The Kier molecular flexibility index (Phi) is 7.02. The molecular formula is C18H25ClN4O3. The predicted octanol–water partition coefficient (Wildman–Crippen LogP) is 1.24. The van der Waals surface area contributed by atoms with Crippen molar-refractivity contribution >= 4 is 18.3 Å². The topological polar surface area (TPSA) is 88.4 Å². The van der Waals surface area contributed by atoms with Crippen molar-refractivity contribution in [3.8, 4) is 5.75 Å². The molecule has 1 amide bonds. The van der Waals surface area contributed by atoms with E-state index in [-0.39, 0.29) is 24.9 Å². The maximum atomic E-state index is 13.0. The highest BCUT2D eigenvalue weighted by atomic mass is 35.5. The highest BCUT2D eigenvalue weighted by molar-refractivity contribution is 5.85. The van der Waals surface area contributed by atoms with Crippen LogP contribution in [-0.4, -0.2) is 47.5 Å².